The first-order chi connectivity index (χ1) is 9.47. The number of carbonyl (C=O) groups is 1. The number of nitro groups is 1. The molecule has 0 radical (unpaired) electrons. The molecule has 20 heavy (non-hydrogen) atoms. The first kappa shape index (κ1) is 13.4. The molecule has 2 rings (SSSR count). The highest BCUT2D eigenvalue weighted by Crippen LogP contribution is 2.21. The largest absolute Gasteiger partial charge is 0.384 e. The van der Waals surface area contributed by atoms with E-state index in [1.807, 2.05) is 0 Å². The number of non-ortho nitro benzene ring substituents is 1. The van der Waals surface area contributed by atoms with Crippen LogP contribution in [0.1, 0.15) is 10.5 Å². The highest BCUT2D eigenvalue weighted by Gasteiger charge is 2.14. The van der Waals surface area contributed by atoms with Crippen molar-refractivity contribution in [1.29, 1.82) is 0 Å². The Bertz CT molecular complexity index is 690. The Morgan fingerprint density at radius 2 is 2.10 bits per heavy atom. The maximum Gasteiger partial charge on any atom is 0.274 e. The van der Waals surface area contributed by atoms with Crippen molar-refractivity contribution < 1.29 is 14.1 Å². The number of hydrogen-bond acceptors (Lipinski definition) is 5. The van der Waals surface area contributed by atoms with Crippen molar-refractivity contribution in [3.05, 3.63) is 58.0 Å². The van der Waals surface area contributed by atoms with E-state index in [1.54, 1.807) is 0 Å². The van der Waals surface area contributed by atoms with Crippen molar-refractivity contribution in [2.45, 2.75) is 0 Å². The van der Waals surface area contributed by atoms with Gasteiger partial charge in [0, 0.05) is 12.1 Å². The van der Waals surface area contributed by atoms with E-state index in [0.717, 1.165) is 18.2 Å². The zero-order valence-corrected chi connectivity index (χ0v) is 10.0. The van der Waals surface area contributed by atoms with Crippen molar-refractivity contribution in [1.82, 2.24) is 4.98 Å². The van der Waals surface area contributed by atoms with Crippen molar-refractivity contribution >= 4 is 23.1 Å². The molecule has 0 aliphatic rings. The number of carbonyl (C=O) groups excluding carboxylic acids is 1. The second kappa shape index (κ2) is 5.31. The summed E-state index contributed by atoms with van der Waals surface area (Å²) in [5, 5.41) is 12.8. The van der Waals surface area contributed by atoms with Crippen LogP contribution in [0.5, 0.6) is 0 Å². The molecule has 0 bridgehead atoms. The van der Waals surface area contributed by atoms with Gasteiger partial charge in [-0.3, -0.25) is 14.9 Å². The predicted molar refractivity (Wildman–Crippen MR) is 69.7 cm³/mol. The van der Waals surface area contributed by atoms with Gasteiger partial charge in [0.05, 0.1) is 10.6 Å². The lowest BCUT2D eigenvalue weighted by Gasteiger charge is -2.06. The minimum absolute atomic E-state index is 0.0177. The van der Waals surface area contributed by atoms with Crippen LogP contribution in [0.3, 0.4) is 0 Å². The normalized spacial score (nSPS) is 10.1. The highest BCUT2D eigenvalue weighted by atomic mass is 19.1. The SMILES string of the molecule is Nc1cccc(C(=O)Nc2cc([N+](=O)[O-])ccc2F)n1. The van der Waals surface area contributed by atoms with Crippen LogP contribution in [-0.4, -0.2) is 15.8 Å². The Kier molecular flexibility index (Phi) is 3.56. The third kappa shape index (κ3) is 2.86. The van der Waals surface area contributed by atoms with E-state index in [9.17, 15) is 19.3 Å². The van der Waals surface area contributed by atoms with Crippen LogP contribution in [0.25, 0.3) is 0 Å². The molecule has 2 aromatic rings. The van der Waals surface area contributed by atoms with E-state index in [2.05, 4.69) is 10.3 Å². The molecule has 8 heteroatoms. The summed E-state index contributed by atoms with van der Waals surface area (Å²) in [7, 11) is 0. The summed E-state index contributed by atoms with van der Waals surface area (Å²) in [6.45, 7) is 0. The summed E-state index contributed by atoms with van der Waals surface area (Å²) >= 11 is 0. The van der Waals surface area contributed by atoms with Gasteiger partial charge in [-0.15, -0.1) is 0 Å². The topological polar surface area (TPSA) is 111 Å². The molecule has 0 aliphatic carbocycles. The van der Waals surface area contributed by atoms with Crippen molar-refractivity contribution in [2.75, 3.05) is 11.1 Å². The molecule has 0 atom stereocenters. The van der Waals surface area contributed by atoms with E-state index in [4.69, 9.17) is 5.73 Å². The minimum Gasteiger partial charge on any atom is -0.384 e. The summed E-state index contributed by atoms with van der Waals surface area (Å²) in [6.07, 6.45) is 0. The molecular weight excluding hydrogens is 267 g/mol. The smallest absolute Gasteiger partial charge is 0.274 e. The number of halogens is 1. The predicted octanol–water partition coefficient (Wildman–Crippen LogP) is 1.96. The van der Waals surface area contributed by atoms with Crippen LogP contribution in [0, 0.1) is 15.9 Å². The second-order valence-electron chi connectivity index (χ2n) is 3.82. The summed E-state index contributed by atoms with van der Waals surface area (Å²) in [5.74, 6) is -1.36. The summed E-state index contributed by atoms with van der Waals surface area (Å²) in [6, 6.07) is 7.23. The molecule has 0 unspecified atom stereocenters. The number of nitrogens with one attached hydrogen (secondary N) is 1. The molecule has 7 nitrogen and oxygen atoms in total. The van der Waals surface area contributed by atoms with Crippen LogP contribution in [0.2, 0.25) is 0 Å². The number of nitro benzene ring substituents is 1. The van der Waals surface area contributed by atoms with Crippen molar-refractivity contribution in [2.24, 2.45) is 0 Å². The lowest BCUT2D eigenvalue weighted by molar-refractivity contribution is -0.384. The average molecular weight is 276 g/mol. The third-order valence-electron chi connectivity index (χ3n) is 2.41. The van der Waals surface area contributed by atoms with Crippen molar-refractivity contribution in [3.63, 3.8) is 0 Å². The summed E-state index contributed by atoms with van der Waals surface area (Å²) in [4.78, 5) is 25.5. The summed E-state index contributed by atoms with van der Waals surface area (Å²) < 4.78 is 13.5. The summed E-state index contributed by atoms with van der Waals surface area (Å²) in [5.41, 5.74) is 4.78. The van der Waals surface area contributed by atoms with Gasteiger partial charge in [0.1, 0.15) is 17.3 Å². The zero-order valence-electron chi connectivity index (χ0n) is 10.0. The maximum absolute atomic E-state index is 13.5. The Hall–Kier alpha value is -3.03. The average Bonchev–Trinajstić information content (AvgIpc) is 2.41. The standard InChI is InChI=1S/C12H9FN4O3/c13-8-5-4-7(17(19)20)6-10(8)16-12(18)9-2-1-3-11(14)15-9/h1-6H,(H2,14,15)(H,16,18). The van der Waals surface area contributed by atoms with Gasteiger partial charge >= 0.3 is 0 Å². The van der Waals surface area contributed by atoms with Crippen molar-refractivity contribution in [3.8, 4) is 0 Å². The Labute approximate surface area is 112 Å². The number of nitrogen functional groups attached to an aromatic ring is 1. The number of pyridine rings is 1. The molecule has 1 aromatic heterocycles. The number of nitrogens with two attached hydrogens (primary N) is 1. The molecule has 3 N–H and O–H groups in total. The lowest BCUT2D eigenvalue weighted by atomic mass is 10.2. The monoisotopic (exact) mass is 276 g/mol. The molecular formula is C12H9FN4O3. The fraction of sp³-hybridized carbons (Fsp3) is 0. The first-order valence-electron chi connectivity index (χ1n) is 5.45. The van der Waals surface area contributed by atoms with Gasteiger partial charge in [0.25, 0.3) is 11.6 Å². The van der Waals surface area contributed by atoms with Gasteiger partial charge in [-0.1, -0.05) is 6.07 Å². The van der Waals surface area contributed by atoms with Gasteiger partial charge in [0.2, 0.25) is 0 Å². The van der Waals surface area contributed by atoms with E-state index < -0.39 is 16.6 Å². The number of aromatic nitrogens is 1. The van der Waals surface area contributed by atoms with Gasteiger partial charge in [-0.2, -0.15) is 0 Å². The van der Waals surface area contributed by atoms with E-state index in [0.29, 0.717) is 0 Å². The van der Waals surface area contributed by atoms with E-state index >= 15 is 0 Å². The fourth-order valence-corrected chi connectivity index (χ4v) is 1.49. The Morgan fingerprint density at radius 3 is 2.75 bits per heavy atom. The lowest BCUT2D eigenvalue weighted by Crippen LogP contribution is -2.15. The van der Waals surface area contributed by atoms with Gasteiger partial charge < -0.3 is 11.1 Å². The number of benzene rings is 1. The number of nitrogens with zero attached hydrogens (tertiary/aromatic N) is 2. The first-order valence-corrected chi connectivity index (χ1v) is 5.45. The molecule has 0 spiro atoms. The van der Waals surface area contributed by atoms with E-state index in [1.165, 1.54) is 18.2 Å². The molecule has 1 aromatic carbocycles. The molecule has 1 amide bonds. The number of anilines is 2. The van der Waals surface area contributed by atoms with Gasteiger partial charge in [0.15, 0.2) is 0 Å². The second-order valence-corrected chi connectivity index (χ2v) is 3.82. The maximum atomic E-state index is 13.5. The quantitative estimate of drug-likeness (QED) is 0.657. The van der Waals surface area contributed by atoms with E-state index in [-0.39, 0.29) is 22.9 Å². The minimum atomic E-state index is -0.784. The number of amides is 1. The van der Waals surface area contributed by atoms with Gasteiger partial charge in [-0.05, 0) is 18.2 Å². The zero-order chi connectivity index (χ0) is 14.7. The van der Waals surface area contributed by atoms with Crippen LogP contribution in [0.4, 0.5) is 21.6 Å². The van der Waals surface area contributed by atoms with Crippen LogP contribution >= 0.6 is 0 Å². The fourth-order valence-electron chi connectivity index (χ4n) is 1.49. The number of rotatable bonds is 3. The Balaban J connectivity index is 2.27. The van der Waals surface area contributed by atoms with Gasteiger partial charge in [-0.25, -0.2) is 9.37 Å². The molecule has 0 aliphatic heterocycles. The molecule has 0 fully saturated rings. The molecule has 0 saturated carbocycles. The Morgan fingerprint density at radius 1 is 1.35 bits per heavy atom. The van der Waals surface area contributed by atoms with Crippen LogP contribution in [0.15, 0.2) is 36.4 Å². The highest BCUT2D eigenvalue weighted by molar-refractivity contribution is 6.03. The molecule has 1 heterocycles. The van der Waals surface area contributed by atoms with Crippen LogP contribution in [-0.2, 0) is 0 Å². The van der Waals surface area contributed by atoms with Crippen LogP contribution < -0.4 is 11.1 Å². The third-order valence-corrected chi connectivity index (χ3v) is 2.41. The number of hydrogen-bond donors (Lipinski definition) is 2. The molecule has 0 saturated heterocycles. The molecule has 102 valence electrons.